The number of pyridine rings is 1. The van der Waals surface area contributed by atoms with Crippen LogP contribution in [0.15, 0.2) is 18.5 Å². The van der Waals surface area contributed by atoms with Crippen LogP contribution in [0.5, 0.6) is 6.01 Å². The van der Waals surface area contributed by atoms with Gasteiger partial charge in [-0.05, 0) is 63.1 Å². The highest BCUT2D eigenvalue weighted by Gasteiger charge is 2.49. The number of rotatable bonds is 4. The van der Waals surface area contributed by atoms with E-state index in [4.69, 9.17) is 30.8 Å². The van der Waals surface area contributed by atoms with Gasteiger partial charge in [0.15, 0.2) is 11.4 Å². The molecule has 0 radical (unpaired) electrons. The van der Waals surface area contributed by atoms with Crippen molar-refractivity contribution in [3.8, 4) is 17.3 Å². The summed E-state index contributed by atoms with van der Waals surface area (Å²) in [7, 11) is 0. The molecule has 1 aromatic carbocycles. The maximum atomic E-state index is 17.1. The second-order valence-corrected chi connectivity index (χ2v) is 13.8. The first-order valence-corrected chi connectivity index (χ1v) is 16.9. The smallest absolute Gasteiger partial charge is 0.461 e. The van der Waals surface area contributed by atoms with Gasteiger partial charge in [0, 0.05) is 41.7 Å². The first-order chi connectivity index (χ1) is 23.3. The van der Waals surface area contributed by atoms with Gasteiger partial charge >= 0.3 is 12.2 Å². The SMILES string of the molecule is O=C1OCCCc2c(Cl)cc3[nH]ncc3c2-c2ncc3c(nc(OC[C@@]45CCCN4C[C@H](F)C5)nc3c2F)N2CCCC[C@](CF)(C2)O1. The molecule has 15 heteroatoms. The summed E-state index contributed by atoms with van der Waals surface area (Å²) in [5.74, 6) is -0.439. The number of nitrogens with zero attached hydrogens (tertiary/aromatic N) is 6. The van der Waals surface area contributed by atoms with Crippen molar-refractivity contribution in [2.45, 2.75) is 68.7 Å². The van der Waals surface area contributed by atoms with E-state index in [1.807, 2.05) is 0 Å². The summed E-state index contributed by atoms with van der Waals surface area (Å²) in [6.45, 7) is 0.660. The molecule has 3 fully saturated rings. The van der Waals surface area contributed by atoms with Gasteiger partial charge in [0.05, 0.1) is 35.8 Å². The van der Waals surface area contributed by atoms with Gasteiger partial charge in [-0.1, -0.05) is 11.6 Å². The van der Waals surface area contributed by atoms with Crippen LogP contribution in [-0.2, 0) is 15.9 Å². The van der Waals surface area contributed by atoms with E-state index in [0.717, 1.165) is 19.4 Å². The second-order valence-electron chi connectivity index (χ2n) is 13.4. The van der Waals surface area contributed by atoms with Crippen LogP contribution in [0.3, 0.4) is 0 Å². The maximum Gasteiger partial charge on any atom is 0.508 e. The van der Waals surface area contributed by atoms with Crippen LogP contribution in [0.25, 0.3) is 33.1 Å². The lowest BCUT2D eigenvalue weighted by Gasteiger charge is -2.34. The lowest BCUT2D eigenvalue weighted by atomic mass is 9.95. The molecule has 6 bridgehead atoms. The minimum absolute atomic E-state index is 0.0139. The molecule has 3 aromatic heterocycles. The normalized spacial score (nSPS) is 26.5. The Morgan fingerprint density at radius 3 is 2.90 bits per heavy atom. The van der Waals surface area contributed by atoms with Gasteiger partial charge in [0.1, 0.15) is 36.5 Å². The number of carbonyl (C=O) groups is 1. The molecule has 48 heavy (non-hydrogen) atoms. The molecule has 8 heterocycles. The Kier molecular flexibility index (Phi) is 7.97. The third-order valence-electron chi connectivity index (χ3n) is 10.3. The third kappa shape index (κ3) is 5.37. The number of aromatic amines is 1. The molecule has 0 unspecified atom stereocenters. The molecule has 254 valence electrons. The van der Waals surface area contributed by atoms with Crippen LogP contribution in [-0.4, -0.2) is 99.6 Å². The van der Waals surface area contributed by atoms with Crippen LogP contribution in [0.4, 0.5) is 23.8 Å². The number of benzene rings is 1. The average Bonchev–Trinajstić information content (AvgIpc) is 3.72. The molecule has 5 aliphatic heterocycles. The molecule has 0 spiro atoms. The quantitative estimate of drug-likeness (QED) is 0.252. The molecule has 0 saturated carbocycles. The van der Waals surface area contributed by atoms with Crippen molar-refractivity contribution in [1.82, 2.24) is 30.0 Å². The lowest BCUT2D eigenvalue weighted by Crippen LogP contribution is -2.47. The van der Waals surface area contributed by atoms with Gasteiger partial charge in [-0.2, -0.15) is 15.1 Å². The van der Waals surface area contributed by atoms with E-state index < -0.39 is 36.0 Å². The van der Waals surface area contributed by atoms with E-state index in [9.17, 15) is 13.6 Å². The van der Waals surface area contributed by atoms with Crippen molar-refractivity contribution in [2.24, 2.45) is 0 Å². The molecular weight excluding hydrogens is 651 g/mol. The summed E-state index contributed by atoms with van der Waals surface area (Å²) >= 11 is 6.76. The second kappa shape index (κ2) is 12.2. The summed E-state index contributed by atoms with van der Waals surface area (Å²) in [5, 5.41) is 8.30. The van der Waals surface area contributed by atoms with Crippen molar-refractivity contribution >= 4 is 45.4 Å². The Bertz CT molecular complexity index is 1900. The first-order valence-electron chi connectivity index (χ1n) is 16.5. The number of anilines is 1. The van der Waals surface area contributed by atoms with Gasteiger partial charge in [0.2, 0.25) is 0 Å². The number of fused-ring (bicyclic) bond motifs is 8. The van der Waals surface area contributed by atoms with Crippen LogP contribution in [0.1, 0.15) is 50.5 Å². The van der Waals surface area contributed by atoms with Crippen LogP contribution >= 0.6 is 11.6 Å². The maximum absolute atomic E-state index is 17.1. The summed E-state index contributed by atoms with van der Waals surface area (Å²) < 4.78 is 63.9. The van der Waals surface area contributed by atoms with Crippen LogP contribution < -0.4 is 9.64 Å². The molecule has 0 amide bonds. The van der Waals surface area contributed by atoms with Gasteiger partial charge in [-0.25, -0.2) is 18.0 Å². The van der Waals surface area contributed by atoms with E-state index in [-0.39, 0.29) is 54.6 Å². The number of nitrogens with one attached hydrogen (secondary N) is 1. The van der Waals surface area contributed by atoms with Crippen molar-refractivity contribution in [3.05, 3.63) is 34.9 Å². The van der Waals surface area contributed by atoms with Crippen molar-refractivity contribution < 1.29 is 32.2 Å². The fraction of sp³-hybridized carbons (Fsp3) is 0.545. The number of ether oxygens (including phenoxy) is 3. The Labute approximate surface area is 279 Å². The summed E-state index contributed by atoms with van der Waals surface area (Å²) in [6.07, 6.45) is 5.33. The van der Waals surface area contributed by atoms with E-state index in [0.29, 0.717) is 72.2 Å². The van der Waals surface area contributed by atoms with Crippen molar-refractivity contribution in [2.75, 3.05) is 51.0 Å². The highest BCUT2D eigenvalue weighted by Crippen LogP contribution is 2.42. The van der Waals surface area contributed by atoms with Crippen LogP contribution in [0, 0.1) is 5.82 Å². The minimum atomic E-state index is -1.51. The van der Waals surface area contributed by atoms with Crippen molar-refractivity contribution in [3.63, 3.8) is 0 Å². The van der Waals surface area contributed by atoms with E-state index >= 15 is 4.39 Å². The summed E-state index contributed by atoms with van der Waals surface area (Å²) in [4.78, 5) is 30.8. The average molecular weight is 686 g/mol. The number of carbonyl (C=O) groups excluding carboxylic acids is 1. The van der Waals surface area contributed by atoms with E-state index in [2.05, 4.69) is 25.1 Å². The minimum Gasteiger partial charge on any atom is -0.461 e. The fourth-order valence-electron chi connectivity index (χ4n) is 8.03. The van der Waals surface area contributed by atoms with Gasteiger partial charge in [0.25, 0.3) is 0 Å². The molecule has 9 rings (SSSR count). The molecule has 0 aliphatic carbocycles. The molecular formula is C33H35ClF3N7O4. The number of H-pyrrole nitrogens is 1. The standard InChI is InChI=1S/C33H35ClF3N7O4/c34-23-11-24-21(14-39-42-24)25-20(23)5-3-10-46-31(45)48-33(16-35)7-1-2-8-43(17-33)29-22-13-38-28(25)26(37)27(22)40-30(41-29)47-18-32-6-4-9-44(32)15-19(36)12-32/h11,13-14,19H,1-10,12,15-18H2,(H,39,42)/t19-,32+,33+/m1/s1. The van der Waals surface area contributed by atoms with Gasteiger partial charge < -0.3 is 19.1 Å². The fourth-order valence-corrected chi connectivity index (χ4v) is 8.33. The first kappa shape index (κ1) is 31.4. The molecule has 5 aliphatic rings. The zero-order valence-electron chi connectivity index (χ0n) is 26.2. The summed E-state index contributed by atoms with van der Waals surface area (Å²) in [6, 6.07) is 1.62. The Hall–Kier alpha value is -3.91. The number of hydrogen-bond acceptors (Lipinski definition) is 10. The topological polar surface area (TPSA) is 119 Å². The largest absolute Gasteiger partial charge is 0.508 e. The monoisotopic (exact) mass is 685 g/mol. The zero-order chi connectivity index (χ0) is 33.0. The summed E-state index contributed by atoms with van der Waals surface area (Å²) in [5.41, 5.74) is -0.407. The lowest BCUT2D eigenvalue weighted by molar-refractivity contribution is -0.0467. The predicted molar refractivity (Wildman–Crippen MR) is 171 cm³/mol. The Balaban J connectivity index is 1.31. The predicted octanol–water partition coefficient (Wildman–Crippen LogP) is 6.11. The third-order valence-corrected chi connectivity index (χ3v) is 10.7. The van der Waals surface area contributed by atoms with Gasteiger partial charge in [-0.3, -0.25) is 15.0 Å². The number of alkyl halides is 2. The molecule has 1 N–H and O–H groups in total. The molecule has 4 aromatic rings. The Morgan fingerprint density at radius 2 is 2.02 bits per heavy atom. The van der Waals surface area contributed by atoms with Crippen molar-refractivity contribution in [1.29, 1.82) is 0 Å². The zero-order valence-corrected chi connectivity index (χ0v) is 27.0. The Morgan fingerprint density at radius 1 is 1.12 bits per heavy atom. The number of halogens is 4. The van der Waals surface area contributed by atoms with Gasteiger partial charge in [-0.15, -0.1) is 0 Å². The number of aromatic nitrogens is 5. The molecule has 3 saturated heterocycles. The highest BCUT2D eigenvalue weighted by atomic mass is 35.5. The van der Waals surface area contributed by atoms with E-state index in [1.54, 1.807) is 17.2 Å². The molecule has 3 atom stereocenters. The highest BCUT2D eigenvalue weighted by molar-refractivity contribution is 6.33. The van der Waals surface area contributed by atoms with Crippen LogP contribution in [0.2, 0.25) is 5.02 Å². The van der Waals surface area contributed by atoms with E-state index in [1.165, 1.54) is 6.20 Å². The number of hydrogen-bond donors (Lipinski definition) is 1. The molecule has 11 nitrogen and oxygen atoms in total.